The molecule has 5 rings (SSSR count). The van der Waals surface area contributed by atoms with Crippen LogP contribution in [0.25, 0.3) is 11.3 Å². The SMILES string of the molecule is CS(=O)(=O)N1CCc2c(c(-c3ccc(C(F)(F)F)c(SCCN4CCCC(F)(F)C4)c3)nn2C[C@@H](O)CN2CCOCC2)C1. The molecular weight excluding hydrogens is 629 g/mol. The molecule has 0 amide bonds. The van der Waals surface area contributed by atoms with Crippen LogP contribution in [0.1, 0.15) is 29.7 Å². The number of halogens is 5. The first-order chi connectivity index (χ1) is 20.7. The van der Waals surface area contributed by atoms with Gasteiger partial charge in [0.2, 0.25) is 10.0 Å². The predicted octanol–water partition coefficient (Wildman–Crippen LogP) is 3.40. The molecule has 4 heterocycles. The topological polar surface area (TPSA) is 91.1 Å². The van der Waals surface area contributed by atoms with Crippen molar-refractivity contribution in [1.29, 1.82) is 0 Å². The number of alkyl halides is 5. The second kappa shape index (κ2) is 13.5. The molecule has 1 atom stereocenters. The Bertz CT molecular complexity index is 1420. The number of aromatic nitrogens is 2. The number of likely N-dealkylation sites (tertiary alicyclic amines) is 1. The summed E-state index contributed by atoms with van der Waals surface area (Å²) >= 11 is 0.952. The number of hydrogen-bond acceptors (Lipinski definition) is 8. The van der Waals surface area contributed by atoms with Crippen LogP contribution in [0.2, 0.25) is 0 Å². The van der Waals surface area contributed by atoms with Crippen molar-refractivity contribution in [3.63, 3.8) is 0 Å². The number of aliphatic hydroxyl groups is 1. The van der Waals surface area contributed by atoms with Gasteiger partial charge < -0.3 is 9.84 Å². The van der Waals surface area contributed by atoms with E-state index in [0.29, 0.717) is 69.1 Å². The minimum atomic E-state index is -4.63. The van der Waals surface area contributed by atoms with Crippen LogP contribution in [0, 0.1) is 0 Å². The number of β-amino-alcohol motifs (C(OH)–C–C–N with tert-alkyl or cyclic N) is 1. The highest BCUT2D eigenvalue weighted by molar-refractivity contribution is 7.99. The summed E-state index contributed by atoms with van der Waals surface area (Å²) in [6.45, 7) is 3.59. The lowest BCUT2D eigenvalue weighted by Crippen LogP contribution is -2.43. The lowest BCUT2D eigenvalue weighted by Gasteiger charge is -2.32. The number of morpholine rings is 1. The van der Waals surface area contributed by atoms with Gasteiger partial charge in [-0.2, -0.15) is 22.6 Å². The van der Waals surface area contributed by atoms with E-state index < -0.39 is 40.3 Å². The first kappa shape index (κ1) is 33.5. The van der Waals surface area contributed by atoms with E-state index in [1.54, 1.807) is 9.58 Å². The van der Waals surface area contributed by atoms with Crippen LogP contribution in [0.15, 0.2) is 23.1 Å². The smallest absolute Gasteiger partial charge is 0.390 e. The largest absolute Gasteiger partial charge is 0.417 e. The lowest BCUT2D eigenvalue weighted by molar-refractivity contribution is -0.139. The van der Waals surface area contributed by atoms with Gasteiger partial charge in [-0.1, -0.05) is 6.07 Å². The van der Waals surface area contributed by atoms with Crippen LogP contribution in [-0.4, -0.2) is 120 Å². The number of fused-ring (bicyclic) bond motifs is 1. The molecule has 0 unspecified atom stereocenters. The third-order valence-electron chi connectivity index (χ3n) is 8.22. The fourth-order valence-corrected chi connectivity index (χ4v) is 7.92. The van der Waals surface area contributed by atoms with Gasteiger partial charge in [0.05, 0.1) is 49.9 Å². The Morgan fingerprint density at radius 1 is 1.11 bits per heavy atom. The Hall–Kier alpha value is -1.82. The zero-order chi connectivity index (χ0) is 31.7. The fraction of sp³-hybridized carbons (Fsp3) is 0.679. The Morgan fingerprint density at radius 2 is 1.86 bits per heavy atom. The molecule has 1 N–H and O–H groups in total. The molecule has 2 aromatic rings. The van der Waals surface area contributed by atoms with Crippen molar-refractivity contribution < 1.29 is 40.2 Å². The van der Waals surface area contributed by atoms with Gasteiger partial charge in [0, 0.05) is 79.6 Å². The molecule has 3 aliphatic heterocycles. The molecule has 0 saturated carbocycles. The van der Waals surface area contributed by atoms with Crippen molar-refractivity contribution in [2.24, 2.45) is 0 Å². The molecule has 16 heteroatoms. The van der Waals surface area contributed by atoms with Crippen LogP contribution in [-0.2, 0) is 40.4 Å². The minimum absolute atomic E-state index is 0.00965. The maximum absolute atomic E-state index is 14.0. The second-order valence-electron chi connectivity index (χ2n) is 11.7. The molecule has 0 aliphatic carbocycles. The Morgan fingerprint density at radius 3 is 2.55 bits per heavy atom. The molecule has 3 aliphatic rings. The van der Waals surface area contributed by atoms with Crippen LogP contribution in [0.4, 0.5) is 22.0 Å². The molecule has 0 spiro atoms. The highest BCUT2D eigenvalue weighted by atomic mass is 32.2. The van der Waals surface area contributed by atoms with Crippen molar-refractivity contribution in [3.05, 3.63) is 35.0 Å². The van der Waals surface area contributed by atoms with E-state index in [1.807, 2.05) is 0 Å². The van der Waals surface area contributed by atoms with Gasteiger partial charge in [-0.05, 0) is 25.1 Å². The summed E-state index contributed by atoms with van der Waals surface area (Å²) in [6, 6.07) is 3.71. The Labute approximate surface area is 258 Å². The maximum atomic E-state index is 14.0. The summed E-state index contributed by atoms with van der Waals surface area (Å²) in [7, 11) is -3.55. The van der Waals surface area contributed by atoms with Gasteiger partial charge in [-0.15, -0.1) is 11.8 Å². The van der Waals surface area contributed by atoms with Crippen molar-refractivity contribution in [1.82, 2.24) is 23.9 Å². The average Bonchev–Trinajstić information content (AvgIpc) is 3.29. The van der Waals surface area contributed by atoms with E-state index in [1.165, 1.54) is 16.4 Å². The quantitative estimate of drug-likeness (QED) is 0.305. The number of nitrogens with zero attached hydrogens (tertiary/aromatic N) is 5. The molecule has 44 heavy (non-hydrogen) atoms. The Kier molecular flexibility index (Phi) is 10.3. The highest BCUT2D eigenvalue weighted by Gasteiger charge is 2.37. The molecule has 2 fully saturated rings. The van der Waals surface area contributed by atoms with Gasteiger partial charge in [-0.25, -0.2) is 17.2 Å². The number of piperidine rings is 1. The van der Waals surface area contributed by atoms with E-state index >= 15 is 0 Å². The number of sulfonamides is 1. The number of hydrogen-bond donors (Lipinski definition) is 1. The normalized spacial score (nSPS) is 21.3. The number of ether oxygens (including phenoxy) is 1. The molecule has 9 nitrogen and oxygen atoms in total. The molecule has 1 aromatic carbocycles. The summed E-state index contributed by atoms with van der Waals surface area (Å²) in [5, 5.41) is 15.6. The summed E-state index contributed by atoms with van der Waals surface area (Å²) in [5.41, 5.74) is 1.24. The van der Waals surface area contributed by atoms with Crippen LogP contribution in [0.3, 0.4) is 0 Å². The van der Waals surface area contributed by atoms with Crippen molar-refractivity contribution in [2.75, 3.05) is 71.0 Å². The second-order valence-corrected chi connectivity index (χ2v) is 14.8. The first-order valence-corrected chi connectivity index (χ1v) is 17.5. The predicted molar refractivity (Wildman–Crippen MR) is 156 cm³/mol. The summed E-state index contributed by atoms with van der Waals surface area (Å²) < 4.78 is 103. The zero-order valence-corrected chi connectivity index (χ0v) is 26.2. The third kappa shape index (κ3) is 8.30. The number of rotatable bonds is 10. The molecule has 0 bridgehead atoms. The lowest BCUT2D eigenvalue weighted by atomic mass is 10.0. The standard InChI is InChI=1S/C28H38F5N5O4S2/c1-44(40,41)37-8-5-24-22(18-37)26(34-38(24)17-21(39)16-35-9-12-42-13-10-35)20-3-4-23(28(31,32)33)25(15-20)43-14-11-36-7-2-6-27(29,30)19-36/h3-4,15,21,39H,2,5-14,16-19H2,1H3/t21-/m0/s1. The third-order valence-corrected chi connectivity index (χ3v) is 10.5. The van der Waals surface area contributed by atoms with Crippen molar-refractivity contribution in [3.8, 4) is 11.3 Å². The Balaban J connectivity index is 1.42. The first-order valence-electron chi connectivity index (χ1n) is 14.7. The number of thioether (sulfide) groups is 1. The van der Waals surface area contributed by atoms with E-state index in [9.17, 15) is 35.5 Å². The molecule has 246 valence electrons. The van der Waals surface area contributed by atoms with Gasteiger partial charge >= 0.3 is 6.18 Å². The maximum Gasteiger partial charge on any atom is 0.417 e. The van der Waals surface area contributed by atoms with Gasteiger partial charge in [0.1, 0.15) is 0 Å². The molecule has 0 radical (unpaired) electrons. The summed E-state index contributed by atoms with van der Waals surface area (Å²) in [5.74, 6) is -2.61. The van der Waals surface area contributed by atoms with E-state index in [-0.39, 0.29) is 43.2 Å². The molecular formula is C28H38F5N5O4S2. The summed E-state index contributed by atoms with van der Waals surface area (Å²) in [6.07, 6.45) is -3.82. The molecule has 2 saturated heterocycles. The molecule has 1 aromatic heterocycles. The summed E-state index contributed by atoms with van der Waals surface area (Å²) in [4.78, 5) is 3.61. The van der Waals surface area contributed by atoms with Crippen LogP contribution in [0.5, 0.6) is 0 Å². The van der Waals surface area contributed by atoms with Crippen LogP contribution >= 0.6 is 11.8 Å². The number of benzene rings is 1. The highest BCUT2D eigenvalue weighted by Crippen LogP contribution is 2.40. The van der Waals surface area contributed by atoms with Gasteiger partial charge in [-0.3, -0.25) is 14.5 Å². The van der Waals surface area contributed by atoms with E-state index in [0.717, 1.165) is 29.8 Å². The fourth-order valence-electron chi connectivity index (χ4n) is 6.02. The van der Waals surface area contributed by atoms with E-state index in [4.69, 9.17) is 9.84 Å². The van der Waals surface area contributed by atoms with Crippen molar-refractivity contribution >= 4 is 21.8 Å². The average molecular weight is 668 g/mol. The van der Waals surface area contributed by atoms with Gasteiger partial charge in [0.25, 0.3) is 5.92 Å². The zero-order valence-electron chi connectivity index (χ0n) is 24.5. The monoisotopic (exact) mass is 667 g/mol. The van der Waals surface area contributed by atoms with Crippen molar-refractivity contribution in [2.45, 2.75) is 55.5 Å². The minimum Gasteiger partial charge on any atom is -0.390 e. The van der Waals surface area contributed by atoms with Gasteiger partial charge in [0.15, 0.2) is 0 Å². The van der Waals surface area contributed by atoms with E-state index in [2.05, 4.69) is 4.90 Å². The number of aliphatic hydroxyl groups excluding tert-OH is 1. The van der Waals surface area contributed by atoms with Crippen LogP contribution < -0.4 is 0 Å².